The molecule has 2 aromatic rings. The van der Waals surface area contributed by atoms with Crippen LogP contribution in [-0.2, 0) is 6.54 Å². The summed E-state index contributed by atoms with van der Waals surface area (Å²) in [6.45, 7) is 0.556. The largest absolute Gasteiger partial charge is 0.381 e. The Balaban J connectivity index is 2.07. The molecule has 2 rings (SSSR count). The number of halogens is 3. The Morgan fingerprint density at radius 1 is 1.12 bits per heavy atom. The van der Waals surface area contributed by atoms with Crippen LogP contribution in [0.3, 0.4) is 0 Å². The molecule has 1 nitrogen and oxygen atoms in total. The molecule has 0 aromatic heterocycles. The van der Waals surface area contributed by atoms with Crippen LogP contribution < -0.4 is 5.32 Å². The molecule has 0 aliphatic carbocycles. The van der Waals surface area contributed by atoms with Crippen molar-refractivity contribution in [1.29, 1.82) is 0 Å². The van der Waals surface area contributed by atoms with E-state index in [0.29, 0.717) is 16.0 Å². The third-order valence-electron chi connectivity index (χ3n) is 2.36. The van der Waals surface area contributed by atoms with Crippen LogP contribution in [0.2, 0.25) is 5.02 Å². The van der Waals surface area contributed by atoms with Gasteiger partial charge in [-0.15, -0.1) is 0 Å². The summed E-state index contributed by atoms with van der Waals surface area (Å²) in [7, 11) is 0. The first-order chi connectivity index (χ1) is 8.16. The van der Waals surface area contributed by atoms with E-state index < -0.39 is 0 Å². The molecule has 2 aromatic carbocycles. The van der Waals surface area contributed by atoms with Gasteiger partial charge in [0.1, 0.15) is 5.82 Å². The van der Waals surface area contributed by atoms with Gasteiger partial charge >= 0.3 is 0 Å². The van der Waals surface area contributed by atoms with Gasteiger partial charge in [0.25, 0.3) is 0 Å². The molecular weight excluding hydrogens is 305 g/mol. The van der Waals surface area contributed by atoms with Gasteiger partial charge in [-0.1, -0.05) is 23.7 Å². The zero-order valence-electron chi connectivity index (χ0n) is 8.88. The third kappa shape index (κ3) is 3.20. The summed E-state index contributed by atoms with van der Waals surface area (Å²) in [5, 5.41) is 3.90. The summed E-state index contributed by atoms with van der Waals surface area (Å²) in [6, 6.07) is 12.4. The number of nitrogens with one attached hydrogen (secondary N) is 1. The maximum atomic E-state index is 13.3. The van der Waals surface area contributed by atoms with E-state index in [2.05, 4.69) is 21.2 Å². The molecule has 0 saturated heterocycles. The van der Waals surface area contributed by atoms with Crippen LogP contribution in [0, 0.1) is 5.82 Å². The number of benzene rings is 2. The third-order valence-corrected chi connectivity index (χ3v) is 3.50. The Labute approximate surface area is 113 Å². The van der Waals surface area contributed by atoms with Gasteiger partial charge in [-0.3, -0.25) is 0 Å². The SMILES string of the molecule is Fc1cccc(CNc2ccc(Cl)cc2)c1Br. The minimum Gasteiger partial charge on any atom is -0.381 e. The Bertz CT molecular complexity index is 513. The first-order valence-corrected chi connectivity index (χ1v) is 6.26. The maximum absolute atomic E-state index is 13.3. The molecule has 0 aliphatic rings. The van der Waals surface area contributed by atoms with Crippen molar-refractivity contribution in [2.24, 2.45) is 0 Å². The van der Waals surface area contributed by atoms with E-state index in [1.54, 1.807) is 6.07 Å². The predicted octanol–water partition coefficient (Wildman–Crippen LogP) is 4.85. The quantitative estimate of drug-likeness (QED) is 0.853. The molecule has 17 heavy (non-hydrogen) atoms. The minimum atomic E-state index is -0.250. The van der Waals surface area contributed by atoms with Gasteiger partial charge in [0.05, 0.1) is 4.47 Å². The van der Waals surface area contributed by atoms with Crippen molar-refractivity contribution in [3.8, 4) is 0 Å². The van der Waals surface area contributed by atoms with Crippen LogP contribution in [0.15, 0.2) is 46.9 Å². The van der Waals surface area contributed by atoms with Gasteiger partial charge in [-0.25, -0.2) is 4.39 Å². The first-order valence-electron chi connectivity index (χ1n) is 5.09. The monoisotopic (exact) mass is 313 g/mol. The van der Waals surface area contributed by atoms with Crippen molar-refractivity contribution in [3.05, 3.63) is 63.3 Å². The number of hydrogen-bond acceptors (Lipinski definition) is 1. The van der Waals surface area contributed by atoms with Crippen molar-refractivity contribution in [1.82, 2.24) is 0 Å². The molecular formula is C13H10BrClFN. The van der Waals surface area contributed by atoms with E-state index in [4.69, 9.17) is 11.6 Å². The number of hydrogen-bond donors (Lipinski definition) is 1. The molecule has 88 valence electrons. The molecule has 1 N–H and O–H groups in total. The summed E-state index contributed by atoms with van der Waals surface area (Å²) in [6.07, 6.45) is 0. The average molecular weight is 315 g/mol. The van der Waals surface area contributed by atoms with Gasteiger partial charge in [0, 0.05) is 17.3 Å². The van der Waals surface area contributed by atoms with Crippen molar-refractivity contribution >= 4 is 33.2 Å². The van der Waals surface area contributed by atoms with Crippen LogP contribution in [-0.4, -0.2) is 0 Å². The summed E-state index contributed by atoms with van der Waals surface area (Å²) in [5.74, 6) is -0.250. The highest BCUT2D eigenvalue weighted by Gasteiger charge is 2.04. The highest BCUT2D eigenvalue weighted by molar-refractivity contribution is 9.10. The fourth-order valence-electron chi connectivity index (χ4n) is 1.45. The zero-order chi connectivity index (χ0) is 12.3. The lowest BCUT2D eigenvalue weighted by Crippen LogP contribution is -2.00. The van der Waals surface area contributed by atoms with Gasteiger partial charge < -0.3 is 5.32 Å². The van der Waals surface area contributed by atoms with E-state index in [-0.39, 0.29) is 5.82 Å². The Hall–Kier alpha value is -1.06. The molecule has 0 fully saturated rings. The lowest BCUT2D eigenvalue weighted by molar-refractivity contribution is 0.618. The van der Waals surface area contributed by atoms with Gasteiger partial charge in [-0.2, -0.15) is 0 Å². The van der Waals surface area contributed by atoms with Crippen molar-refractivity contribution in [2.45, 2.75) is 6.54 Å². The lowest BCUT2D eigenvalue weighted by Gasteiger charge is -2.08. The van der Waals surface area contributed by atoms with E-state index in [0.717, 1.165) is 11.3 Å². The normalized spacial score (nSPS) is 10.3. The fourth-order valence-corrected chi connectivity index (χ4v) is 1.98. The van der Waals surface area contributed by atoms with Crippen LogP contribution in [0.5, 0.6) is 0 Å². The second-order valence-electron chi connectivity index (χ2n) is 3.57. The number of anilines is 1. The Kier molecular flexibility index (Phi) is 4.02. The average Bonchev–Trinajstić information content (AvgIpc) is 2.33. The highest BCUT2D eigenvalue weighted by Crippen LogP contribution is 2.22. The molecule has 0 amide bonds. The fraction of sp³-hybridized carbons (Fsp3) is 0.0769. The van der Waals surface area contributed by atoms with Crippen LogP contribution >= 0.6 is 27.5 Å². The first kappa shape index (κ1) is 12.4. The summed E-state index contributed by atoms with van der Waals surface area (Å²) in [5.41, 5.74) is 1.82. The second-order valence-corrected chi connectivity index (χ2v) is 4.80. The summed E-state index contributed by atoms with van der Waals surface area (Å²) in [4.78, 5) is 0. The van der Waals surface area contributed by atoms with Crippen molar-refractivity contribution in [2.75, 3.05) is 5.32 Å². The molecule has 0 aliphatic heterocycles. The van der Waals surface area contributed by atoms with Gasteiger partial charge in [0.15, 0.2) is 0 Å². The van der Waals surface area contributed by atoms with Crippen molar-refractivity contribution in [3.63, 3.8) is 0 Å². The smallest absolute Gasteiger partial charge is 0.137 e. The van der Waals surface area contributed by atoms with Crippen LogP contribution in [0.4, 0.5) is 10.1 Å². The molecule has 0 atom stereocenters. The zero-order valence-corrected chi connectivity index (χ0v) is 11.2. The lowest BCUT2D eigenvalue weighted by atomic mass is 10.2. The van der Waals surface area contributed by atoms with Crippen LogP contribution in [0.25, 0.3) is 0 Å². The maximum Gasteiger partial charge on any atom is 0.137 e. The standard InChI is InChI=1S/C13H10BrClFN/c14-13-9(2-1-3-12(13)16)8-17-11-6-4-10(15)5-7-11/h1-7,17H,8H2. The van der Waals surface area contributed by atoms with Crippen LogP contribution in [0.1, 0.15) is 5.56 Å². The van der Waals surface area contributed by atoms with Gasteiger partial charge in [-0.05, 0) is 51.8 Å². The molecule has 0 heterocycles. The highest BCUT2D eigenvalue weighted by atomic mass is 79.9. The molecule has 0 unspecified atom stereocenters. The van der Waals surface area contributed by atoms with E-state index in [1.165, 1.54) is 6.07 Å². The Morgan fingerprint density at radius 2 is 1.82 bits per heavy atom. The summed E-state index contributed by atoms with van der Waals surface area (Å²) >= 11 is 9.02. The second kappa shape index (κ2) is 5.52. The Morgan fingerprint density at radius 3 is 2.53 bits per heavy atom. The topological polar surface area (TPSA) is 12.0 Å². The van der Waals surface area contributed by atoms with Gasteiger partial charge in [0.2, 0.25) is 0 Å². The summed E-state index contributed by atoms with van der Waals surface area (Å²) < 4.78 is 13.8. The molecule has 0 saturated carbocycles. The van der Waals surface area contributed by atoms with E-state index in [9.17, 15) is 4.39 Å². The molecule has 0 radical (unpaired) electrons. The van der Waals surface area contributed by atoms with E-state index >= 15 is 0 Å². The number of rotatable bonds is 3. The predicted molar refractivity (Wildman–Crippen MR) is 72.9 cm³/mol. The van der Waals surface area contributed by atoms with E-state index in [1.807, 2.05) is 30.3 Å². The molecule has 4 heteroatoms. The minimum absolute atomic E-state index is 0.250. The molecule has 0 bridgehead atoms. The molecule has 0 spiro atoms. The van der Waals surface area contributed by atoms with Crippen molar-refractivity contribution < 1.29 is 4.39 Å².